The van der Waals surface area contributed by atoms with Gasteiger partial charge in [0.05, 0.1) is 0 Å². The number of anilines is 1. The maximum atomic E-state index is 3.71. The number of nitrogens with one attached hydrogen (secondary N) is 1. The minimum atomic E-state index is 0.643. The highest BCUT2D eigenvalue weighted by Crippen LogP contribution is 2.28. The van der Waals surface area contributed by atoms with Crippen LogP contribution in [0.1, 0.15) is 19.8 Å². The standard InChI is InChI=1S/C14H22N2S/c1-3-17-14-7-5-4-6-13(14)15-12-8-10-16(2)11-9-12/h4-7,12,15H,3,8-11H2,1-2H3. The molecule has 17 heavy (non-hydrogen) atoms. The summed E-state index contributed by atoms with van der Waals surface area (Å²) >= 11 is 1.92. The molecule has 0 bridgehead atoms. The molecule has 1 fully saturated rings. The lowest BCUT2D eigenvalue weighted by atomic mass is 10.1. The molecule has 1 saturated heterocycles. The van der Waals surface area contributed by atoms with E-state index in [9.17, 15) is 0 Å². The van der Waals surface area contributed by atoms with Crippen LogP contribution in [-0.4, -0.2) is 36.8 Å². The van der Waals surface area contributed by atoms with Crippen LogP contribution in [0.25, 0.3) is 0 Å². The first-order chi connectivity index (χ1) is 8.29. The molecule has 2 rings (SSSR count). The van der Waals surface area contributed by atoms with E-state index in [0.717, 1.165) is 5.75 Å². The molecule has 2 nitrogen and oxygen atoms in total. The van der Waals surface area contributed by atoms with Crippen LogP contribution in [0.2, 0.25) is 0 Å². The number of benzene rings is 1. The van der Waals surface area contributed by atoms with Gasteiger partial charge >= 0.3 is 0 Å². The summed E-state index contributed by atoms with van der Waals surface area (Å²) < 4.78 is 0. The molecule has 0 atom stereocenters. The summed E-state index contributed by atoms with van der Waals surface area (Å²) in [4.78, 5) is 3.79. The molecular formula is C14H22N2S. The summed E-state index contributed by atoms with van der Waals surface area (Å²) in [6.45, 7) is 4.62. The van der Waals surface area contributed by atoms with Gasteiger partial charge in [0.2, 0.25) is 0 Å². The van der Waals surface area contributed by atoms with Gasteiger partial charge in [-0.3, -0.25) is 0 Å². The second-order valence-corrected chi connectivity index (χ2v) is 5.96. The van der Waals surface area contributed by atoms with Crippen LogP contribution < -0.4 is 5.32 Å². The molecule has 0 amide bonds. The van der Waals surface area contributed by atoms with Gasteiger partial charge in [-0.2, -0.15) is 0 Å². The lowest BCUT2D eigenvalue weighted by molar-refractivity contribution is 0.264. The van der Waals surface area contributed by atoms with E-state index < -0.39 is 0 Å². The first-order valence-corrected chi connectivity index (χ1v) is 7.45. The third-order valence-electron chi connectivity index (χ3n) is 3.27. The Morgan fingerprint density at radius 2 is 2.00 bits per heavy atom. The summed E-state index contributed by atoms with van der Waals surface area (Å²) in [5, 5.41) is 3.71. The molecule has 94 valence electrons. The molecule has 0 aromatic heterocycles. The molecular weight excluding hydrogens is 228 g/mol. The summed E-state index contributed by atoms with van der Waals surface area (Å²) in [6, 6.07) is 9.31. The Labute approximate surface area is 109 Å². The lowest BCUT2D eigenvalue weighted by Crippen LogP contribution is -2.36. The van der Waals surface area contributed by atoms with Crippen molar-refractivity contribution in [2.75, 3.05) is 31.2 Å². The maximum absolute atomic E-state index is 3.71. The van der Waals surface area contributed by atoms with E-state index >= 15 is 0 Å². The highest BCUT2D eigenvalue weighted by molar-refractivity contribution is 7.99. The van der Waals surface area contributed by atoms with Gasteiger partial charge < -0.3 is 10.2 Å². The number of thioether (sulfide) groups is 1. The number of likely N-dealkylation sites (tertiary alicyclic amines) is 1. The van der Waals surface area contributed by atoms with E-state index in [-0.39, 0.29) is 0 Å². The monoisotopic (exact) mass is 250 g/mol. The predicted molar refractivity (Wildman–Crippen MR) is 77.0 cm³/mol. The minimum absolute atomic E-state index is 0.643. The van der Waals surface area contributed by atoms with Gasteiger partial charge in [-0.1, -0.05) is 19.1 Å². The van der Waals surface area contributed by atoms with E-state index in [4.69, 9.17) is 0 Å². The van der Waals surface area contributed by atoms with E-state index in [1.807, 2.05) is 11.8 Å². The Morgan fingerprint density at radius 3 is 2.71 bits per heavy atom. The van der Waals surface area contributed by atoms with Crippen LogP contribution in [-0.2, 0) is 0 Å². The minimum Gasteiger partial charge on any atom is -0.381 e. The van der Waals surface area contributed by atoms with Crippen molar-refractivity contribution in [3.05, 3.63) is 24.3 Å². The molecule has 1 aliphatic heterocycles. The molecule has 0 saturated carbocycles. The molecule has 3 heteroatoms. The fraction of sp³-hybridized carbons (Fsp3) is 0.571. The zero-order valence-electron chi connectivity index (χ0n) is 10.8. The van der Waals surface area contributed by atoms with Gasteiger partial charge in [0, 0.05) is 16.6 Å². The first kappa shape index (κ1) is 12.8. The Morgan fingerprint density at radius 1 is 1.29 bits per heavy atom. The highest BCUT2D eigenvalue weighted by atomic mass is 32.2. The van der Waals surface area contributed by atoms with Crippen molar-refractivity contribution in [2.45, 2.75) is 30.7 Å². The van der Waals surface area contributed by atoms with Crippen LogP contribution in [0.15, 0.2) is 29.2 Å². The van der Waals surface area contributed by atoms with Crippen molar-refractivity contribution in [2.24, 2.45) is 0 Å². The van der Waals surface area contributed by atoms with E-state index in [2.05, 4.69) is 48.5 Å². The SMILES string of the molecule is CCSc1ccccc1NC1CCN(C)CC1. The van der Waals surface area contributed by atoms with Gasteiger partial charge in [0.15, 0.2) is 0 Å². The largest absolute Gasteiger partial charge is 0.381 e. The number of piperidine rings is 1. The molecule has 0 unspecified atom stereocenters. The fourth-order valence-electron chi connectivity index (χ4n) is 2.24. The number of para-hydroxylation sites is 1. The zero-order chi connectivity index (χ0) is 12.1. The molecule has 1 aliphatic rings. The number of nitrogens with zero attached hydrogens (tertiary/aromatic N) is 1. The molecule has 0 radical (unpaired) electrons. The summed E-state index contributed by atoms with van der Waals surface area (Å²) in [6.07, 6.45) is 2.50. The smallest absolute Gasteiger partial charge is 0.0480 e. The normalized spacial score (nSPS) is 18.2. The van der Waals surface area contributed by atoms with E-state index in [1.165, 1.54) is 36.5 Å². The van der Waals surface area contributed by atoms with Crippen molar-refractivity contribution in [3.8, 4) is 0 Å². The van der Waals surface area contributed by atoms with E-state index in [0.29, 0.717) is 6.04 Å². The molecule has 0 spiro atoms. The number of hydrogen-bond donors (Lipinski definition) is 1. The fourth-order valence-corrected chi connectivity index (χ4v) is 3.01. The summed E-state index contributed by atoms with van der Waals surface area (Å²) in [5.41, 5.74) is 1.31. The van der Waals surface area contributed by atoms with Crippen molar-refractivity contribution >= 4 is 17.4 Å². The van der Waals surface area contributed by atoms with Crippen LogP contribution >= 0.6 is 11.8 Å². The van der Waals surface area contributed by atoms with Gasteiger partial charge in [-0.15, -0.1) is 11.8 Å². The number of hydrogen-bond acceptors (Lipinski definition) is 3. The second kappa shape index (κ2) is 6.31. The third-order valence-corrected chi connectivity index (χ3v) is 4.22. The van der Waals surface area contributed by atoms with Crippen LogP contribution in [0.3, 0.4) is 0 Å². The molecule has 1 aromatic carbocycles. The molecule has 0 aliphatic carbocycles. The average Bonchev–Trinajstić information content (AvgIpc) is 2.35. The Bertz CT molecular complexity index is 346. The van der Waals surface area contributed by atoms with Crippen molar-refractivity contribution < 1.29 is 0 Å². The van der Waals surface area contributed by atoms with E-state index in [1.54, 1.807) is 0 Å². The van der Waals surface area contributed by atoms with Gasteiger partial charge in [-0.25, -0.2) is 0 Å². The quantitative estimate of drug-likeness (QED) is 0.825. The predicted octanol–water partition coefficient (Wildman–Crippen LogP) is 3.30. The number of rotatable bonds is 4. The zero-order valence-corrected chi connectivity index (χ0v) is 11.6. The third kappa shape index (κ3) is 3.65. The van der Waals surface area contributed by atoms with Crippen molar-refractivity contribution in [1.29, 1.82) is 0 Å². The summed E-state index contributed by atoms with van der Waals surface area (Å²) in [7, 11) is 2.21. The Kier molecular flexibility index (Phi) is 4.75. The summed E-state index contributed by atoms with van der Waals surface area (Å²) in [5.74, 6) is 1.13. The van der Waals surface area contributed by atoms with Crippen molar-refractivity contribution in [1.82, 2.24) is 4.90 Å². The Hall–Kier alpha value is -0.670. The lowest BCUT2D eigenvalue weighted by Gasteiger charge is -2.30. The van der Waals surface area contributed by atoms with Crippen LogP contribution in [0, 0.1) is 0 Å². The molecule has 1 N–H and O–H groups in total. The topological polar surface area (TPSA) is 15.3 Å². The van der Waals surface area contributed by atoms with Crippen LogP contribution in [0.4, 0.5) is 5.69 Å². The van der Waals surface area contributed by atoms with Crippen LogP contribution in [0.5, 0.6) is 0 Å². The van der Waals surface area contributed by atoms with Crippen molar-refractivity contribution in [3.63, 3.8) is 0 Å². The molecule has 1 heterocycles. The molecule has 1 aromatic rings. The second-order valence-electron chi connectivity index (χ2n) is 4.65. The first-order valence-electron chi connectivity index (χ1n) is 6.46. The van der Waals surface area contributed by atoms with Gasteiger partial charge in [0.25, 0.3) is 0 Å². The average molecular weight is 250 g/mol. The highest BCUT2D eigenvalue weighted by Gasteiger charge is 2.16. The Balaban J connectivity index is 1.98. The van der Waals surface area contributed by atoms with Gasteiger partial charge in [-0.05, 0) is 50.9 Å². The van der Waals surface area contributed by atoms with Gasteiger partial charge in [0.1, 0.15) is 0 Å². The maximum Gasteiger partial charge on any atom is 0.0480 e.